The molecule has 0 atom stereocenters. The van der Waals surface area contributed by atoms with Gasteiger partial charge in [0.2, 0.25) is 0 Å². The highest BCUT2D eigenvalue weighted by Crippen LogP contribution is 2.34. The minimum atomic E-state index is -3.71. The van der Waals surface area contributed by atoms with Gasteiger partial charge in [-0.05, 0) is 34.1 Å². The fraction of sp³-hybridized carbons (Fsp3) is 0.167. The Kier molecular flexibility index (Phi) is 5.15. The van der Waals surface area contributed by atoms with Crippen molar-refractivity contribution in [2.45, 2.75) is 11.4 Å². The maximum Gasteiger partial charge on any atom is 0.263 e. The molecule has 2 aromatic rings. The van der Waals surface area contributed by atoms with Gasteiger partial charge in [-0.25, -0.2) is 8.42 Å². The van der Waals surface area contributed by atoms with Crippen molar-refractivity contribution in [2.24, 2.45) is 5.73 Å². The molecule has 1 aromatic carbocycles. The quantitative estimate of drug-likeness (QED) is 0.790. The molecule has 0 saturated heterocycles. The number of rotatable bonds is 5. The molecule has 2 rings (SSSR count). The first-order chi connectivity index (χ1) is 9.87. The summed E-state index contributed by atoms with van der Waals surface area (Å²) < 4.78 is 32.8. The predicted molar refractivity (Wildman–Crippen MR) is 88.7 cm³/mol. The number of methoxy groups -OCH3 is 1. The standard InChI is InChI=1S/C12H12BrClN2O3S2/c1-19-10-4-7(2-3-9(10)14)16-21(17,18)11-5-8(6-15)20-12(11)13/h2-5,16H,6,15H2,1H3. The first-order valence-corrected chi connectivity index (χ1v) is 9.19. The highest BCUT2D eigenvalue weighted by Gasteiger charge is 2.21. The van der Waals surface area contributed by atoms with E-state index in [0.717, 1.165) is 4.88 Å². The van der Waals surface area contributed by atoms with Gasteiger partial charge in [0, 0.05) is 17.5 Å². The van der Waals surface area contributed by atoms with Gasteiger partial charge >= 0.3 is 0 Å². The molecular formula is C12H12BrClN2O3S2. The van der Waals surface area contributed by atoms with Crippen LogP contribution in [0.5, 0.6) is 5.75 Å². The topological polar surface area (TPSA) is 81.4 Å². The van der Waals surface area contributed by atoms with Crippen LogP contribution in [0.3, 0.4) is 0 Å². The third-order valence-electron chi connectivity index (χ3n) is 2.60. The summed E-state index contributed by atoms with van der Waals surface area (Å²) >= 11 is 10.4. The summed E-state index contributed by atoms with van der Waals surface area (Å²) in [5.74, 6) is 0.392. The lowest BCUT2D eigenvalue weighted by Crippen LogP contribution is -2.12. The molecule has 3 N–H and O–H groups in total. The molecule has 0 fully saturated rings. The van der Waals surface area contributed by atoms with Crippen molar-refractivity contribution in [1.29, 1.82) is 0 Å². The lowest BCUT2D eigenvalue weighted by atomic mass is 10.3. The van der Waals surface area contributed by atoms with E-state index in [2.05, 4.69) is 20.7 Å². The van der Waals surface area contributed by atoms with Crippen molar-refractivity contribution in [1.82, 2.24) is 0 Å². The van der Waals surface area contributed by atoms with Gasteiger partial charge in [0.15, 0.2) is 0 Å². The molecule has 0 aliphatic carbocycles. The van der Waals surface area contributed by atoms with Crippen LogP contribution in [-0.4, -0.2) is 15.5 Å². The van der Waals surface area contributed by atoms with Crippen LogP contribution in [0.4, 0.5) is 5.69 Å². The van der Waals surface area contributed by atoms with Gasteiger partial charge in [0.05, 0.1) is 21.6 Å². The molecule has 0 unspecified atom stereocenters. The number of benzene rings is 1. The van der Waals surface area contributed by atoms with Crippen molar-refractivity contribution >= 4 is 54.6 Å². The normalized spacial score (nSPS) is 11.4. The maximum atomic E-state index is 12.4. The fourth-order valence-corrected chi connectivity index (χ4v) is 5.42. The first kappa shape index (κ1) is 16.6. The first-order valence-electron chi connectivity index (χ1n) is 5.72. The van der Waals surface area contributed by atoms with Crippen molar-refractivity contribution < 1.29 is 13.2 Å². The van der Waals surface area contributed by atoms with Crippen molar-refractivity contribution in [3.8, 4) is 5.75 Å². The van der Waals surface area contributed by atoms with Gasteiger partial charge in [-0.1, -0.05) is 11.6 Å². The number of nitrogens with two attached hydrogens (primary N) is 1. The molecule has 0 amide bonds. The van der Waals surface area contributed by atoms with Gasteiger partial charge in [-0.2, -0.15) is 0 Å². The Bertz CT molecular complexity index is 762. The van der Waals surface area contributed by atoms with Crippen LogP contribution >= 0.6 is 38.9 Å². The number of hydrogen-bond acceptors (Lipinski definition) is 5. The smallest absolute Gasteiger partial charge is 0.263 e. The maximum absolute atomic E-state index is 12.4. The van der Waals surface area contributed by atoms with Gasteiger partial charge in [0.1, 0.15) is 10.6 Å². The van der Waals surface area contributed by atoms with Crippen LogP contribution in [0.1, 0.15) is 4.88 Å². The highest BCUT2D eigenvalue weighted by atomic mass is 79.9. The van der Waals surface area contributed by atoms with Crippen LogP contribution < -0.4 is 15.2 Å². The zero-order chi connectivity index (χ0) is 15.6. The van der Waals surface area contributed by atoms with Gasteiger partial charge in [-0.15, -0.1) is 11.3 Å². The Morgan fingerprint density at radius 3 is 2.71 bits per heavy atom. The summed E-state index contributed by atoms with van der Waals surface area (Å²) in [6, 6.07) is 6.19. The third-order valence-corrected chi connectivity index (χ3v) is 6.57. The minimum Gasteiger partial charge on any atom is -0.495 e. The van der Waals surface area contributed by atoms with E-state index >= 15 is 0 Å². The number of hydrogen-bond donors (Lipinski definition) is 2. The lowest BCUT2D eigenvalue weighted by molar-refractivity contribution is 0.415. The zero-order valence-corrected chi connectivity index (χ0v) is 14.9. The summed E-state index contributed by atoms with van der Waals surface area (Å²) in [6.45, 7) is 0.285. The van der Waals surface area contributed by atoms with Crippen LogP contribution in [0.2, 0.25) is 5.02 Å². The molecule has 0 bridgehead atoms. The van der Waals surface area contributed by atoms with E-state index < -0.39 is 10.0 Å². The van der Waals surface area contributed by atoms with Crippen LogP contribution in [0.25, 0.3) is 0 Å². The second-order valence-corrected chi connectivity index (χ2v) is 8.52. The van der Waals surface area contributed by atoms with E-state index in [-0.39, 0.29) is 11.4 Å². The van der Waals surface area contributed by atoms with Crippen molar-refractivity contribution in [3.63, 3.8) is 0 Å². The number of halogens is 2. The average molecular weight is 412 g/mol. The molecule has 0 saturated carbocycles. The molecule has 1 aromatic heterocycles. The van der Waals surface area contributed by atoms with E-state index in [1.54, 1.807) is 18.2 Å². The van der Waals surface area contributed by atoms with E-state index in [1.165, 1.54) is 24.5 Å². The molecule has 0 radical (unpaired) electrons. The molecule has 5 nitrogen and oxygen atoms in total. The SMILES string of the molecule is COc1cc(NS(=O)(=O)c2cc(CN)sc2Br)ccc1Cl. The second kappa shape index (κ2) is 6.53. The predicted octanol–water partition coefficient (Wildman–Crippen LogP) is 3.43. The van der Waals surface area contributed by atoms with E-state index in [1.807, 2.05) is 0 Å². The Morgan fingerprint density at radius 2 is 2.14 bits per heavy atom. The molecule has 114 valence electrons. The van der Waals surface area contributed by atoms with Crippen LogP contribution in [0, 0.1) is 0 Å². The molecule has 9 heteroatoms. The van der Waals surface area contributed by atoms with Gasteiger partial charge in [-0.3, -0.25) is 4.72 Å². The number of sulfonamides is 1. The molecule has 0 spiro atoms. The number of ether oxygens (including phenoxy) is 1. The molecule has 21 heavy (non-hydrogen) atoms. The third kappa shape index (κ3) is 3.70. The number of nitrogens with one attached hydrogen (secondary N) is 1. The Hall–Kier alpha value is -0.800. The lowest BCUT2D eigenvalue weighted by Gasteiger charge is -2.09. The minimum absolute atomic E-state index is 0.155. The molecule has 0 aliphatic heterocycles. The van der Waals surface area contributed by atoms with E-state index in [0.29, 0.717) is 20.2 Å². The Morgan fingerprint density at radius 1 is 1.43 bits per heavy atom. The molecule has 1 heterocycles. The summed E-state index contributed by atoms with van der Waals surface area (Å²) in [5, 5.41) is 0.405. The summed E-state index contributed by atoms with van der Waals surface area (Å²) in [4.78, 5) is 0.929. The van der Waals surface area contributed by atoms with E-state index in [9.17, 15) is 8.42 Å². The van der Waals surface area contributed by atoms with Crippen LogP contribution in [0.15, 0.2) is 32.9 Å². The molecular weight excluding hydrogens is 400 g/mol. The Labute approximate surface area is 140 Å². The van der Waals surface area contributed by atoms with Crippen molar-refractivity contribution in [2.75, 3.05) is 11.8 Å². The fourth-order valence-electron chi connectivity index (χ4n) is 1.62. The number of thiophene rings is 1. The van der Waals surface area contributed by atoms with Gasteiger partial charge in [0.25, 0.3) is 10.0 Å². The summed E-state index contributed by atoms with van der Waals surface area (Å²) in [5.41, 5.74) is 5.89. The van der Waals surface area contributed by atoms with Crippen LogP contribution in [-0.2, 0) is 16.6 Å². The summed E-state index contributed by atoms with van der Waals surface area (Å²) in [6.07, 6.45) is 0. The van der Waals surface area contributed by atoms with E-state index in [4.69, 9.17) is 22.1 Å². The average Bonchev–Trinajstić information content (AvgIpc) is 2.83. The Balaban J connectivity index is 2.35. The van der Waals surface area contributed by atoms with Gasteiger partial charge < -0.3 is 10.5 Å². The monoisotopic (exact) mass is 410 g/mol. The zero-order valence-electron chi connectivity index (χ0n) is 10.9. The highest BCUT2D eigenvalue weighted by molar-refractivity contribution is 9.11. The largest absolute Gasteiger partial charge is 0.495 e. The van der Waals surface area contributed by atoms with Crippen molar-refractivity contribution in [3.05, 3.63) is 38.0 Å². The summed E-state index contributed by atoms with van der Waals surface area (Å²) in [7, 11) is -2.25. The molecule has 0 aliphatic rings. The second-order valence-electron chi connectivity index (χ2n) is 4.01. The number of anilines is 1.